The number of likely N-dealkylation sites (tertiary alicyclic amines) is 2. The van der Waals surface area contributed by atoms with Crippen LogP contribution in [0.15, 0.2) is 48.5 Å². The molecule has 2 saturated heterocycles. The van der Waals surface area contributed by atoms with E-state index in [2.05, 4.69) is 22.3 Å². The zero-order chi connectivity index (χ0) is 21.9. The smallest absolute Gasteiger partial charge is 0.239 e. The Morgan fingerprint density at radius 3 is 2.53 bits per heavy atom. The highest BCUT2D eigenvalue weighted by Crippen LogP contribution is 2.34. The molecular formula is C25H29N3O4. The first-order valence-electron chi connectivity index (χ1n) is 11.4. The normalized spacial score (nSPS) is 21.0. The second-order valence-electron chi connectivity index (χ2n) is 8.77. The van der Waals surface area contributed by atoms with Crippen molar-refractivity contribution in [3.05, 3.63) is 54.1 Å². The summed E-state index contributed by atoms with van der Waals surface area (Å²) in [5.74, 6) is 1.48. The van der Waals surface area contributed by atoms with Gasteiger partial charge in [-0.3, -0.25) is 14.5 Å². The van der Waals surface area contributed by atoms with Crippen LogP contribution >= 0.6 is 0 Å². The van der Waals surface area contributed by atoms with Crippen LogP contribution in [0.5, 0.6) is 11.5 Å². The van der Waals surface area contributed by atoms with Crippen LogP contribution in [0.2, 0.25) is 0 Å². The fourth-order valence-corrected chi connectivity index (χ4v) is 4.90. The number of anilines is 1. The van der Waals surface area contributed by atoms with Gasteiger partial charge in [0.2, 0.25) is 18.6 Å². The van der Waals surface area contributed by atoms with Gasteiger partial charge in [0, 0.05) is 37.3 Å². The Hall–Kier alpha value is -3.06. The molecule has 2 aromatic carbocycles. The van der Waals surface area contributed by atoms with Crippen molar-refractivity contribution in [3.8, 4) is 11.5 Å². The number of nitrogens with zero attached hydrogens (tertiary/aromatic N) is 2. The summed E-state index contributed by atoms with van der Waals surface area (Å²) in [5, 5.41) is 2.99. The minimum atomic E-state index is -0.0894. The number of ether oxygens (including phenoxy) is 2. The van der Waals surface area contributed by atoms with Gasteiger partial charge in [-0.2, -0.15) is 0 Å². The van der Waals surface area contributed by atoms with Gasteiger partial charge < -0.3 is 19.7 Å². The summed E-state index contributed by atoms with van der Waals surface area (Å²) in [5.41, 5.74) is 1.95. The number of rotatable bonds is 5. The van der Waals surface area contributed by atoms with Gasteiger partial charge in [-0.1, -0.05) is 30.3 Å². The van der Waals surface area contributed by atoms with Gasteiger partial charge in [0.25, 0.3) is 0 Å². The van der Waals surface area contributed by atoms with Crippen LogP contribution in [-0.4, -0.2) is 54.1 Å². The summed E-state index contributed by atoms with van der Waals surface area (Å²) < 4.78 is 10.7. The first-order chi connectivity index (χ1) is 15.7. The first-order valence-corrected chi connectivity index (χ1v) is 11.4. The molecule has 0 aliphatic carbocycles. The predicted molar refractivity (Wildman–Crippen MR) is 120 cm³/mol. The topological polar surface area (TPSA) is 71.1 Å². The van der Waals surface area contributed by atoms with Crippen molar-refractivity contribution in [3.63, 3.8) is 0 Å². The highest BCUT2D eigenvalue weighted by atomic mass is 16.7. The highest BCUT2D eigenvalue weighted by Gasteiger charge is 2.36. The van der Waals surface area contributed by atoms with Gasteiger partial charge in [-0.05, 0) is 49.9 Å². The second kappa shape index (κ2) is 9.20. The van der Waals surface area contributed by atoms with Crippen molar-refractivity contribution in [1.82, 2.24) is 9.80 Å². The van der Waals surface area contributed by atoms with Crippen LogP contribution in [0.25, 0.3) is 0 Å². The zero-order valence-corrected chi connectivity index (χ0v) is 18.2. The van der Waals surface area contributed by atoms with E-state index in [1.54, 1.807) is 6.07 Å². The Bertz CT molecular complexity index is 972. The lowest BCUT2D eigenvalue weighted by Crippen LogP contribution is -2.49. The van der Waals surface area contributed by atoms with Crippen molar-refractivity contribution >= 4 is 17.5 Å². The van der Waals surface area contributed by atoms with E-state index in [0.29, 0.717) is 43.1 Å². The van der Waals surface area contributed by atoms with Crippen LogP contribution in [0.1, 0.15) is 31.2 Å². The Kier molecular flexibility index (Phi) is 5.99. The third kappa shape index (κ3) is 4.43. The first kappa shape index (κ1) is 20.8. The lowest BCUT2D eigenvalue weighted by molar-refractivity contribution is -0.139. The van der Waals surface area contributed by atoms with Crippen LogP contribution in [0.4, 0.5) is 5.69 Å². The number of amides is 2. The molecule has 168 valence electrons. The van der Waals surface area contributed by atoms with Gasteiger partial charge in [0.1, 0.15) is 0 Å². The van der Waals surface area contributed by atoms with E-state index in [-0.39, 0.29) is 30.6 Å². The van der Waals surface area contributed by atoms with Crippen LogP contribution < -0.4 is 14.8 Å². The van der Waals surface area contributed by atoms with Crippen molar-refractivity contribution in [2.75, 3.05) is 31.7 Å². The molecule has 32 heavy (non-hydrogen) atoms. The summed E-state index contributed by atoms with van der Waals surface area (Å²) in [7, 11) is 0. The second-order valence-corrected chi connectivity index (χ2v) is 8.77. The van der Waals surface area contributed by atoms with Gasteiger partial charge in [-0.25, -0.2) is 0 Å². The maximum absolute atomic E-state index is 13.2. The quantitative estimate of drug-likeness (QED) is 0.781. The third-order valence-electron chi connectivity index (χ3n) is 6.69. The van der Waals surface area contributed by atoms with Gasteiger partial charge in [0.05, 0.1) is 6.04 Å². The monoisotopic (exact) mass is 435 g/mol. The summed E-state index contributed by atoms with van der Waals surface area (Å²) in [6, 6.07) is 15.7. The Balaban J connectivity index is 1.14. The lowest BCUT2D eigenvalue weighted by Gasteiger charge is -2.35. The van der Waals surface area contributed by atoms with Crippen LogP contribution in [-0.2, 0) is 16.1 Å². The lowest BCUT2D eigenvalue weighted by atomic mass is 9.95. The third-order valence-corrected chi connectivity index (χ3v) is 6.69. The largest absolute Gasteiger partial charge is 0.454 e. The SMILES string of the molecule is O=C(Nc1ccc2c(c1)OCO2)C1CCN(C(=O)[C@@H]2CCCN2Cc2ccccc2)CC1. The molecule has 0 radical (unpaired) electrons. The number of benzene rings is 2. The number of hydrogen-bond acceptors (Lipinski definition) is 5. The van der Waals surface area contributed by atoms with Gasteiger partial charge in [-0.15, -0.1) is 0 Å². The molecule has 2 aromatic rings. The van der Waals surface area contributed by atoms with E-state index in [1.165, 1.54) is 5.56 Å². The molecular weight excluding hydrogens is 406 g/mol. The molecule has 3 aliphatic heterocycles. The summed E-state index contributed by atoms with van der Waals surface area (Å²) in [6.45, 7) is 3.25. The molecule has 0 bridgehead atoms. The molecule has 2 amide bonds. The van der Waals surface area contributed by atoms with E-state index < -0.39 is 0 Å². The van der Waals surface area contributed by atoms with E-state index in [1.807, 2.05) is 35.2 Å². The highest BCUT2D eigenvalue weighted by molar-refractivity contribution is 5.93. The van der Waals surface area contributed by atoms with Crippen molar-refractivity contribution in [2.45, 2.75) is 38.3 Å². The average molecular weight is 436 g/mol. The van der Waals surface area contributed by atoms with Crippen LogP contribution in [0.3, 0.4) is 0 Å². The molecule has 2 fully saturated rings. The average Bonchev–Trinajstić information content (AvgIpc) is 3.48. The van der Waals surface area contributed by atoms with Gasteiger partial charge >= 0.3 is 0 Å². The van der Waals surface area contributed by atoms with Crippen molar-refractivity contribution in [2.24, 2.45) is 5.92 Å². The number of piperidine rings is 1. The molecule has 0 spiro atoms. The Labute approximate surface area is 188 Å². The number of hydrogen-bond donors (Lipinski definition) is 1. The maximum Gasteiger partial charge on any atom is 0.239 e. The Morgan fingerprint density at radius 1 is 0.938 bits per heavy atom. The number of fused-ring (bicyclic) bond motifs is 1. The minimum absolute atomic E-state index is 0.00235. The molecule has 0 aromatic heterocycles. The summed E-state index contributed by atoms with van der Waals surface area (Å²) in [4.78, 5) is 30.3. The molecule has 7 nitrogen and oxygen atoms in total. The van der Waals surface area contributed by atoms with E-state index in [4.69, 9.17) is 9.47 Å². The molecule has 7 heteroatoms. The summed E-state index contributed by atoms with van der Waals surface area (Å²) in [6.07, 6.45) is 3.34. The van der Waals surface area contributed by atoms with Gasteiger partial charge in [0.15, 0.2) is 11.5 Å². The predicted octanol–water partition coefficient (Wildman–Crippen LogP) is 3.26. The molecule has 1 atom stereocenters. The van der Waals surface area contributed by atoms with Crippen molar-refractivity contribution in [1.29, 1.82) is 0 Å². The minimum Gasteiger partial charge on any atom is -0.454 e. The molecule has 3 aliphatic rings. The number of carbonyl (C=O) groups excluding carboxylic acids is 2. The molecule has 1 N–H and O–H groups in total. The Morgan fingerprint density at radius 2 is 1.72 bits per heavy atom. The standard InChI is InChI=1S/C25H29N3O4/c29-24(26-20-8-9-22-23(15-20)32-17-31-22)19-10-13-27(14-11-19)25(30)21-7-4-12-28(21)16-18-5-2-1-3-6-18/h1-3,5-6,8-9,15,19,21H,4,7,10-14,16-17H2,(H,26,29)/t21-/m0/s1. The van der Waals surface area contributed by atoms with E-state index >= 15 is 0 Å². The van der Waals surface area contributed by atoms with E-state index in [9.17, 15) is 9.59 Å². The van der Waals surface area contributed by atoms with E-state index in [0.717, 1.165) is 25.9 Å². The molecule has 0 unspecified atom stereocenters. The van der Waals surface area contributed by atoms with Crippen LogP contribution in [0, 0.1) is 5.92 Å². The molecule has 3 heterocycles. The fourth-order valence-electron chi connectivity index (χ4n) is 4.90. The molecule has 0 saturated carbocycles. The number of carbonyl (C=O) groups is 2. The molecule has 5 rings (SSSR count). The fraction of sp³-hybridized carbons (Fsp3) is 0.440. The van der Waals surface area contributed by atoms with Crippen molar-refractivity contribution < 1.29 is 19.1 Å². The number of nitrogens with one attached hydrogen (secondary N) is 1. The summed E-state index contributed by atoms with van der Waals surface area (Å²) >= 11 is 0. The maximum atomic E-state index is 13.2. The zero-order valence-electron chi connectivity index (χ0n) is 18.2.